The molecular formula is C10H12N2. The molecule has 12 heavy (non-hydrogen) atoms. The van der Waals surface area contributed by atoms with Crippen LogP contribution in [0.1, 0.15) is 6.92 Å². The van der Waals surface area contributed by atoms with Crippen molar-refractivity contribution in [3.63, 3.8) is 0 Å². The summed E-state index contributed by atoms with van der Waals surface area (Å²) in [5.74, 6) is 0. The summed E-state index contributed by atoms with van der Waals surface area (Å²) in [5.41, 5.74) is 2.65. The number of hydrogen-bond acceptors (Lipinski definition) is 2. The van der Waals surface area contributed by atoms with Crippen LogP contribution in [0.3, 0.4) is 0 Å². The summed E-state index contributed by atoms with van der Waals surface area (Å²) in [6.07, 6.45) is 10.1. The largest absolute Gasteiger partial charge is 0.355 e. The summed E-state index contributed by atoms with van der Waals surface area (Å²) < 4.78 is 0. The number of likely N-dealkylation sites (N-methyl/N-ethyl adjacent to an activating group) is 1. The monoisotopic (exact) mass is 160 g/mol. The van der Waals surface area contributed by atoms with Crippen molar-refractivity contribution < 1.29 is 0 Å². The molecule has 0 radical (unpaired) electrons. The van der Waals surface area contributed by atoms with E-state index in [1.807, 2.05) is 12.5 Å². The highest BCUT2D eigenvalue weighted by atomic mass is 15.2. The molecule has 0 N–H and O–H groups in total. The van der Waals surface area contributed by atoms with E-state index in [1.54, 1.807) is 0 Å². The third kappa shape index (κ3) is 0.998. The van der Waals surface area contributed by atoms with Gasteiger partial charge in [-0.15, -0.1) is 0 Å². The standard InChI is InChI=1S/C10H12N2/c1-8-4-3-5-9-6-11-7-12(2)10(8)9/h3-7,10H,1-2H3. The number of allylic oxidation sites excluding steroid dienone is 2. The summed E-state index contributed by atoms with van der Waals surface area (Å²) >= 11 is 0. The topological polar surface area (TPSA) is 15.6 Å². The Labute approximate surface area is 72.6 Å². The normalized spacial score (nSPS) is 26.5. The number of aliphatic imine (C=N–C) groups is 1. The van der Waals surface area contributed by atoms with Gasteiger partial charge in [-0.25, -0.2) is 4.99 Å². The third-order valence-corrected chi connectivity index (χ3v) is 2.27. The fraction of sp³-hybridized carbons (Fsp3) is 0.300. The predicted molar refractivity (Wildman–Crippen MR) is 51.0 cm³/mol. The van der Waals surface area contributed by atoms with Crippen molar-refractivity contribution in [1.82, 2.24) is 4.90 Å². The maximum Gasteiger partial charge on any atom is 0.0910 e. The molecule has 2 heteroatoms. The maximum absolute atomic E-state index is 4.14. The first kappa shape index (κ1) is 7.35. The van der Waals surface area contributed by atoms with E-state index in [4.69, 9.17) is 0 Å². The summed E-state index contributed by atoms with van der Waals surface area (Å²) in [5, 5.41) is 0. The van der Waals surface area contributed by atoms with E-state index in [1.165, 1.54) is 11.1 Å². The molecule has 1 heterocycles. The van der Waals surface area contributed by atoms with Crippen LogP contribution in [0.5, 0.6) is 0 Å². The Morgan fingerprint density at radius 3 is 3.08 bits per heavy atom. The van der Waals surface area contributed by atoms with Crippen LogP contribution >= 0.6 is 0 Å². The number of hydrogen-bond donors (Lipinski definition) is 0. The molecule has 1 atom stereocenters. The molecule has 0 saturated carbocycles. The van der Waals surface area contributed by atoms with Crippen LogP contribution in [0.2, 0.25) is 0 Å². The highest BCUT2D eigenvalue weighted by Gasteiger charge is 2.21. The van der Waals surface area contributed by atoms with Crippen molar-refractivity contribution in [1.29, 1.82) is 0 Å². The van der Waals surface area contributed by atoms with Crippen LogP contribution in [-0.4, -0.2) is 24.3 Å². The van der Waals surface area contributed by atoms with Gasteiger partial charge in [0.1, 0.15) is 0 Å². The molecule has 2 aliphatic rings. The number of rotatable bonds is 0. The van der Waals surface area contributed by atoms with Gasteiger partial charge < -0.3 is 4.90 Å². The molecule has 1 aliphatic carbocycles. The van der Waals surface area contributed by atoms with E-state index in [2.05, 4.69) is 42.1 Å². The quantitative estimate of drug-likeness (QED) is 0.527. The zero-order chi connectivity index (χ0) is 8.55. The van der Waals surface area contributed by atoms with Crippen LogP contribution in [0.15, 0.2) is 40.6 Å². The lowest BCUT2D eigenvalue weighted by Gasteiger charge is -2.31. The van der Waals surface area contributed by atoms with Gasteiger partial charge in [-0.05, 0) is 18.1 Å². The van der Waals surface area contributed by atoms with Crippen molar-refractivity contribution in [3.05, 3.63) is 35.6 Å². The van der Waals surface area contributed by atoms with Gasteiger partial charge in [-0.2, -0.15) is 0 Å². The Bertz CT molecular complexity index is 308. The predicted octanol–water partition coefficient (Wildman–Crippen LogP) is 1.73. The summed E-state index contributed by atoms with van der Waals surface area (Å²) in [4.78, 5) is 6.27. The van der Waals surface area contributed by atoms with Crippen LogP contribution < -0.4 is 0 Å². The molecule has 0 saturated heterocycles. The van der Waals surface area contributed by atoms with Crippen molar-refractivity contribution in [3.8, 4) is 0 Å². The first-order chi connectivity index (χ1) is 5.79. The Morgan fingerprint density at radius 1 is 1.50 bits per heavy atom. The second-order valence-corrected chi connectivity index (χ2v) is 3.23. The van der Waals surface area contributed by atoms with Gasteiger partial charge in [-0.3, -0.25) is 0 Å². The molecule has 0 fully saturated rings. The van der Waals surface area contributed by atoms with Gasteiger partial charge in [0.25, 0.3) is 0 Å². The third-order valence-electron chi connectivity index (χ3n) is 2.27. The highest BCUT2D eigenvalue weighted by molar-refractivity contribution is 5.62. The molecule has 2 rings (SSSR count). The van der Waals surface area contributed by atoms with Crippen LogP contribution in [0.4, 0.5) is 0 Å². The average Bonchev–Trinajstić information content (AvgIpc) is 2.04. The van der Waals surface area contributed by atoms with E-state index < -0.39 is 0 Å². The molecule has 62 valence electrons. The Hall–Kier alpha value is -1.31. The minimum absolute atomic E-state index is 0.410. The Balaban J connectivity index is 2.40. The summed E-state index contributed by atoms with van der Waals surface area (Å²) in [7, 11) is 2.05. The average molecular weight is 160 g/mol. The van der Waals surface area contributed by atoms with Crippen LogP contribution in [0.25, 0.3) is 0 Å². The van der Waals surface area contributed by atoms with Gasteiger partial charge >= 0.3 is 0 Å². The molecule has 0 bridgehead atoms. The lowest BCUT2D eigenvalue weighted by molar-refractivity contribution is 0.462. The zero-order valence-corrected chi connectivity index (χ0v) is 7.36. The van der Waals surface area contributed by atoms with Crippen LogP contribution in [0, 0.1) is 0 Å². The van der Waals surface area contributed by atoms with E-state index in [9.17, 15) is 0 Å². The lowest BCUT2D eigenvalue weighted by Crippen LogP contribution is -2.35. The van der Waals surface area contributed by atoms with Crippen LogP contribution in [-0.2, 0) is 0 Å². The van der Waals surface area contributed by atoms with Crippen molar-refractivity contribution in [2.24, 2.45) is 4.99 Å². The van der Waals surface area contributed by atoms with Gasteiger partial charge in [-0.1, -0.05) is 18.2 Å². The van der Waals surface area contributed by atoms with E-state index in [-0.39, 0.29) is 0 Å². The SMILES string of the molecule is CC1=CC=CC2=CN=CN(C)C12. The van der Waals surface area contributed by atoms with Gasteiger partial charge in [0.15, 0.2) is 0 Å². The second kappa shape index (κ2) is 2.63. The first-order valence-corrected chi connectivity index (χ1v) is 4.09. The molecule has 0 aromatic heterocycles. The number of fused-ring (bicyclic) bond motifs is 1. The molecule has 1 unspecified atom stereocenters. The minimum Gasteiger partial charge on any atom is -0.355 e. The van der Waals surface area contributed by atoms with Gasteiger partial charge in [0.2, 0.25) is 0 Å². The first-order valence-electron chi connectivity index (χ1n) is 4.09. The lowest BCUT2D eigenvalue weighted by atomic mass is 9.94. The zero-order valence-electron chi connectivity index (χ0n) is 7.36. The van der Waals surface area contributed by atoms with Gasteiger partial charge in [0.05, 0.1) is 12.4 Å². The fourth-order valence-corrected chi connectivity index (χ4v) is 1.72. The molecule has 2 nitrogen and oxygen atoms in total. The minimum atomic E-state index is 0.410. The van der Waals surface area contributed by atoms with Crippen molar-refractivity contribution in [2.75, 3.05) is 7.05 Å². The number of nitrogens with zero attached hydrogens (tertiary/aromatic N) is 2. The second-order valence-electron chi connectivity index (χ2n) is 3.23. The van der Waals surface area contributed by atoms with Crippen molar-refractivity contribution in [2.45, 2.75) is 13.0 Å². The molecule has 0 amide bonds. The smallest absolute Gasteiger partial charge is 0.0910 e. The molecular weight excluding hydrogens is 148 g/mol. The van der Waals surface area contributed by atoms with E-state index >= 15 is 0 Å². The molecule has 1 aliphatic heterocycles. The molecule has 0 aromatic carbocycles. The summed E-state index contributed by atoms with van der Waals surface area (Å²) in [6, 6.07) is 0.410. The molecule has 0 spiro atoms. The van der Waals surface area contributed by atoms with E-state index in [0.717, 1.165) is 0 Å². The Morgan fingerprint density at radius 2 is 2.33 bits per heavy atom. The summed E-state index contributed by atoms with van der Waals surface area (Å²) in [6.45, 7) is 2.15. The Kier molecular flexibility index (Phi) is 1.61. The van der Waals surface area contributed by atoms with Gasteiger partial charge in [0, 0.05) is 13.2 Å². The highest BCUT2D eigenvalue weighted by Crippen LogP contribution is 2.24. The van der Waals surface area contributed by atoms with E-state index in [0.29, 0.717) is 6.04 Å². The van der Waals surface area contributed by atoms with Crippen molar-refractivity contribution >= 4 is 6.34 Å². The molecule has 0 aromatic rings. The maximum atomic E-state index is 4.14. The fourth-order valence-electron chi connectivity index (χ4n) is 1.72.